The molecule has 0 atom stereocenters. The predicted octanol–water partition coefficient (Wildman–Crippen LogP) is 2.27. The van der Waals surface area contributed by atoms with Crippen LogP contribution in [0.1, 0.15) is 23.2 Å². The second kappa shape index (κ2) is 8.48. The Morgan fingerprint density at radius 3 is 2.44 bits per heavy atom. The molecule has 8 heteroatoms. The van der Waals surface area contributed by atoms with E-state index in [0.29, 0.717) is 42.8 Å². The van der Waals surface area contributed by atoms with E-state index >= 15 is 0 Å². The lowest BCUT2D eigenvalue weighted by Gasteiger charge is -2.29. The van der Waals surface area contributed by atoms with Crippen molar-refractivity contribution in [3.8, 4) is 17.1 Å². The third-order valence-electron chi connectivity index (χ3n) is 4.65. The lowest BCUT2D eigenvalue weighted by atomic mass is 9.98. The summed E-state index contributed by atoms with van der Waals surface area (Å²) in [4.78, 5) is 32.6. The van der Waals surface area contributed by atoms with Gasteiger partial charge >= 0.3 is 6.09 Å². The molecule has 2 N–H and O–H groups in total. The number of carboxylic acid groups (broad SMARTS) is 1. The minimum Gasteiger partial charge on any atom is -0.476 e. The van der Waals surface area contributed by atoms with E-state index in [9.17, 15) is 9.59 Å². The summed E-state index contributed by atoms with van der Waals surface area (Å²) in [6.45, 7) is 1.59. The van der Waals surface area contributed by atoms with E-state index in [1.54, 1.807) is 31.6 Å². The fourth-order valence-corrected chi connectivity index (χ4v) is 2.97. The van der Waals surface area contributed by atoms with Gasteiger partial charge < -0.3 is 20.1 Å². The van der Waals surface area contributed by atoms with Crippen LogP contribution >= 0.6 is 0 Å². The van der Waals surface area contributed by atoms with Crippen LogP contribution in [0.25, 0.3) is 11.3 Å². The van der Waals surface area contributed by atoms with E-state index in [-0.39, 0.29) is 5.91 Å². The highest BCUT2D eigenvalue weighted by molar-refractivity contribution is 5.94. The Morgan fingerprint density at radius 1 is 1.19 bits per heavy atom. The Bertz CT molecular complexity index is 784. The number of carbonyl (C=O) groups excluding carboxylic acids is 1. The largest absolute Gasteiger partial charge is 0.476 e. The number of hydrogen-bond acceptors (Lipinski definition) is 5. The SMILES string of the molecule is CNC(=O)c1ccc(-c2cnc(OCC3CCN(C(=O)O)CC3)cn2)cc1. The quantitative estimate of drug-likeness (QED) is 0.837. The monoisotopic (exact) mass is 370 g/mol. The Kier molecular flexibility index (Phi) is 5.85. The summed E-state index contributed by atoms with van der Waals surface area (Å²) in [5.74, 6) is 0.631. The molecule has 0 bridgehead atoms. The zero-order valence-corrected chi connectivity index (χ0v) is 15.1. The smallest absolute Gasteiger partial charge is 0.407 e. The van der Waals surface area contributed by atoms with Crippen LogP contribution in [0, 0.1) is 5.92 Å². The number of rotatable bonds is 5. The number of hydrogen-bond donors (Lipinski definition) is 2. The van der Waals surface area contributed by atoms with Crippen LogP contribution in [0.4, 0.5) is 4.79 Å². The number of carbonyl (C=O) groups is 2. The normalized spacial score (nSPS) is 14.6. The molecule has 2 aromatic rings. The van der Waals surface area contributed by atoms with E-state index in [4.69, 9.17) is 9.84 Å². The summed E-state index contributed by atoms with van der Waals surface area (Å²) in [6, 6.07) is 7.13. The Hall–Kier alpha value is -3.16. The van der Waals surface area contributed by atoms with Gasteiger partial charge in [-0.3, -0.25) is 4.79 Å². The molecule has 1 aromatic heterocycles. The molecule has 0 radical (unpaired) electrons. The number of likely N-dealkylation sites (tertiary alicyclic amines) is 1. The van der Waals surface area contributed by atoms with Crippen LogP contribution in [0.3, 0.4) is 0 Å². The maximum Gasteiger partial charge on any atom is 0.407 e. The van der Waals surface area contributed by atoms with Gasteiger partial charge in [0.2, 0.25) is 5.88 Å². The molecule has 27 heavy (non-hydrogen) atoms. The minimum absolute atomic E-state index is 0.134. The van der Waals surface area contributed by atoms with Gasteiger partial charge in [-0.05, 0) is 30.9 Å². The van der Waals surface area contributed by atoms with Gasteiger partial charge in [0, 0.05) is 31.3 Å². The molecule has 142 valence electrons. The summed E-state index contributed by atoms with van der Waals surface area (Å²) in [5, 5.41) is 11.5. The summed E-state index contributed by atoms with van der Waals surface area (Å²) < 4.78 is 5.70. The zero-order chi connectivity index (χ0) is 19.2. The number of aromatic nitrogens is 2. The topological polar surface area (TPSA) is 105 Å². The van der Waals surface area contributed by atoms with E-state index < -0.39 is 6.09 Å². The second-order valence-electron chi connectivity index (χ2n) is 6.42. The first kappa shape index (κ1) is 18.6. The van der Waals surface area contributed by atoms with Gasteiger partial charge in [-0.2, -0.15) is 0 Å². The Balaban J connectivity index is 1.53. The molecule has 1 aromatic carbocycles. The van der Waals surface area contributed by atoms with Crippen LogP contribution in [-0.2, 0) is 0 Å². The minimum atomic E-state index is -0.862. The first-order chi connectivity index (χ1) is 13.1. The molecule has 0 unspecified atom stereocenters. The van der Waals surface area contributed by atoms with Gasteiger partial charge in [0.15, 0.2) is 0 Å². The molecular weight excluding hydrogens is 348 g/mol. The zero-order valence-electron chi connectivity index (χ0n) is 15.1. The summed E-state index contributed by atoms with van der Waals surface area (Å²) in [5.41, 5.74) is 2.14. The van der Waals surface area contributed by atoms with Gasteiger partial charge in [0.1, 0.15) is 0 Å². The number of ether oxygens (including phenoxy) is 1. The van der Waals surface area contributed by atoms with Gasteiger partial charge in [-0.25, -0.2) is 14.8 Å². The lowest BCUT2D eigenvalue weighted by Crippen LogP contribution is -2.38. The summed E-state index contributed by atoms with van der Waals surface area (Å²) in [6.07, 6.45) is 3.93. The Morgan fingerprint density at radius 2 is 1.89 bits per heavy atom. The van der Waals surface area contributed by atoms with Crippen molar-refractivity contribution in [2.75, 3.05) is 26.7 Å². The molecule has 2 amide bonds. The van der Waals surface area contributed by atoms with Crippen molar-refractivity contribution in [1.29, 1.82) is 0 Å². The van der Waals surface area contributed by atoms with Gasteiger partial charge in [0.25, 0.3) is 5.91 Å². The van der Waals surface area contributed by atoms with Crippen molar-refractivity contribution < 1.29 is 19.4 Å². The van der Waals surface area contributed by atoms with Crippen molar-refractivity contribution in [3.63, 3.8) is 0 Å². The highest BCUT2D eigenvalue weighted by Crippen LogP contribution is 2.20. The molecule has 1 aliphatic rings. The van der Waals surface area contributed by atoms with E-state index in [0.717, 1.165) is 18.4 Å². The first-order valence-corrected chi connectivity index (χ1v) is 8.82. The van der Waals surface area contributed by atoms with Crippen molar-refractivity contribution in [1.82, 2.24) is 20.2 Å². The molecule has 1 fully saturated rings. The molecule has 3 rings (SSSR count). The van der Waals surface area contributed by atoms with Gasteiger partial charge in [-0.15, -0.1) is 0 Å². The van der Waals surface area contributed by atoms with Crippen LogP contribution in [0.15, 0.2) is 36.7 Å². The van der Waals surface area contributed by atoms with Crippen LogP contribution in [-0.4, -0.2) is 58.7 Å². The lowest BCUT2D eigenvalue weighted by molar-refractivity contribution is 0.0963. The molecule has 8 nitrogen and oxygen atoms in total. The van der Waals surface area contributed by atoms with Crippen molar-refractivity contribution in [3.05, 3.63) is 42.2 Å². The highest BCUT2D eigenvalue weighted by Gasteiger charge is 2.22. The number of benzene rings is 1. The molecule has 1 aliphatic heterocycles. The summed E-state index contributed by atoms with van der Waals surface area (Å²) in [7, 11) is 1.59. The molecular formula is C19H22N4O4. The van der Waals surface area contributed by atoms with Crippen LogP contribution in [0.5, 0.6) is 5.88 Å². The molecule has 0 spiro atoms. The second-order valence-corrected chi connectivity index (χ2v) is 6.42. The highest BCUT2D eigenvalue weighted by atomic mass is 16.5. The third kappa shape index (κ3) is 4.72. The van der Waals surface area contributed by atoms with Gasteiger partial charge in [0.05, 0.1) is 24.7 Å². The number of piperidine rings is 1. The fourth-order valence-electron chi connectivity index (χ4n) is 2.97. The van der Waals surface area contributed by atoms with E-state index in [1.807, 2.05) is 12.1 Å². The number of nitrogens with zero attached hydrogens (tertiary/aromatic N) is 3. The maximum absolute atomic E-state index is 11.6. The van der Waals surface area contributed by atoms with Gasteiger partial charge in [-0.1, -0.05) is 12.1 Å². The Labute approximate surface area is 157 Å². The van der Waals surface area contributed by atoms with Crippen molar-refractivity contribution in [2.45, 2.75) is 12.8 Å². The van der Waals surface area contributed by atoms with Crippen LogP contribution in [0.2, 0.25) is 0 Å². The maximum atomic E-state index is 11.6. The third-order valence-corrected chi connectivity index (χ3v) is 4.65. The van der Waals surface area contributed by atoms with E-state index in [2.05, 4.69) is 15.3 Å². The van der Waals surface area contributed by atoms with Crippen molar-refractivity contribution in [2.24, 2.45) is 5.92 Å². The molecule has 2 heterocycles. The van der Waals surface area contributed by atoms with Crippen LogP contribution < -0.4 is 10.1 Å². The van der Waals surface area contributed by atoms with E-state index in [1.165, 1.54) is 4.90 Å². The average Bonchev–Trinajstić information content (AvgIpc) is 2.72. The molecule has 0 saturated carbocycles. The molecule has 1 saturated heterocycles. The average molecular weight is 370 g/mol. The van der Waals surface area contributed by atoms with Crippen molar-refractivity contribution >= 4 is 12.0 Å². The number of nitrogens with one attached hydrogen (secondary N) is 1. The first-order valence-electron chi connectivity index (χ1n) is 8.82. The summed E-state index contributed by atoms with van der Waals surface area (Å²) >= 11 is 0. The standard InChI is InChI=1S/C19H22N4O4/c1-20-18(24)15-4-2-14(3-5-15)16-10-22-17(11-21-16)27-12-13-6-8-23(9-7-13)19(25)26/h2-5,10-11,13H,6-9,12H2,1H3,(H,20,24)(H,25,26). The fraction of sp³-hybridized carbons (Fsp3) is 0.368. The predicted molar refractivity (Wildman–Crippen MR) is 98.7 cm³/mol. The number of amides is 2. The molecule has 0 aliphatic carbocycles.